The molecule has 0 aliphatic carbocycles. The fourth-order valence-electron chi connectivity index (χ4n) is 1.68. The normalized spacial score (nSPS) is 11.9. The lowest BCUT2D eigenvalue weighted by Gasteiger charge is -2.18. The van der Waals surface area contributed by atoms with Gasteiger partial charge in [-0.25, -0.2) is 0 Å². The topological polar surface area (TPSA) is 66.0 Å². The molecule has 0 aliphatic heterocycles. The predicted octanol–water partition coefficient (Wildman–Crippen LogP) is 2.22. The number of hydrogen-bond acceptors (Lipinski definition) is 2. The van der Waals surface area contributed by atoms with Gasteiger partial charge in [0.05, 0.1) is 17.1 Å². The van der Waals surface area contributed by atoms with Crippen LogP contribution in [-0.2, 0) is 11.2 Å². The molecule has 0 amide bonds. The van der Waals surface area contributed by atoms with E-state index in [-0.39, 0.29) is 0 Å². The number of nitrogens with one attached hydrogen (secondary N) is 1. The van der Waals surface area contributed by atoms with Crippen molar-refractivity contribution in [3.8, 4) is 0 Å². The van der Waals surface area contributed by atoms with Crippen molar-refractivity contribution in [3.05, 3.63) is 30.0 Å². The van der Waals surface area contributed by atoms with Gasteiger partial charge in [-0.15, -0.1) is 0 Å². The first-order valence-electron chi connectivity index (χ1n) is 5.14. The lowest BCUT2D eigenvalue weighted by molar-refractivity contribution is -0.146. The number of H-pyrrole nitrogens is 1. The van der Waals surface area contributed by atoms with Crippen LogP contribution >= 0.6 is 0 Å². The molecule has 1 aromatic carbocycles. The number of carbonyl (C=O) groups is 1. The van der Waals surface area contributed by atoms with Crippen LogP contribution in [0.25, 0.3) is 10.9 Å². The van der Waals surface area contributed by atoms with E-state index in [9.17, 15) is 4.79 Å². The molecule has 0 aliphatic rings. The molecule has 2 aromatic rings. The van der Waals surface area contributed by atoms with E-state index in [1.807, 2.05) is 18.2 Å². The first kappa shape index (κ1) is 10.7. The summed E-state index contributed by atoms with van der Waals surface area (Å²) >= 11 is 0. The average Bonchev–Trinajstić information content (AvgIpc) is 2.63. The highest BCUT2D eigenvalue weighted by atomic mass is 16.4. The van der Waals surface area contributed by atoms with Gasteiger partial charge in [0.25, 0.3) is 0 Å². The molecule has 4 heteroatoms. The van der Waals surface area contributed by atoms with Crippen molar-refractivity contribution in [1.29, 1.82) is 0 Å². The maximum atomic E-state index is 11.0. The Bertz CT molecular complexity index is 529. The van der Waals surface area contributed by atoms with Crippen LogP contribution in [0.4, 0.5) is 0 Å². The van der Waals surface area contributed by atoms with Crippen molar-refractivity contribution in [2.24, 2.45) is 5.41 Å². The summed E-state index contributed by atoms with van der Waals surface area (Å²) in [4.78, 5) is 11.0. The number of benzene rings is 1. The predicted molar refractivity (Wildman–Crippen MR) is 61.2 cm³/mol. The Morgan fingerprint density at radius 3 is 2.94 bits per heavy atom. The van der Waals surface area contributed by atoms with Crippen LogP contribution in [-0.4, -0.2) is 21.3 Å². The van der Waals surface area contributed by atoms with Crippen molar-refractivity contribution >= 4 is 16.9 Å². The molecule has 0 radical (unpaired) electrons. The molecular formula is C12H14N2O2. The van der Waals surface area contributed by atoms with Crippen LogP contribution in [0, 0.1) is 5.41 Å². The van der Waals surface area contributed by atoms with Gasteiger partial charge < -0.3 is 5.11 Å². The van der Waals surface area contributed by atoms with E-state index in [0.717, 1.165) is 16.5 Å². The molecule has 1 aromatic heterocycles. The largest absolute Gasteiger partial charge is 0.481 e. The molecule has 0 bridgehead atoms. The number of rotatable bonds is 3. The lowest BCUT2D eigenvalue weighted by Crippen LogP contribution is -2.26. The minimum atomic E-state index is -0.780. The fraction of sp³-hybridized carbons (Fsp3) is 0.333. The maximum Gasteiger partial charge on any atom is 0.309 e. The Balaban J connectivity index is 2.30. The van der Waals surface area contributed by atoms with E-state index in [2.05, 4.69) is 10.2 Å². The Kier molecular flexibility index (Phi) is 2.42. The molecule has 0 atom stereocenters. The first-order chi connectivity index (χ1) is 7.49. The van der Waals surface area contributed by atoms with Crippen LogP contribution < -0.4 is 0 Å². The Hall–Kier alpha value is -1.84. The third-order valence-corrected chi connectivity index (χ3v) is 2.73. The summed E-state index contributed by atoms with van der Waals surface area (Å²) in [5, 5.41) is 16.9. The highest BCUT2D eigenvalue weighted by Crippen LogP contribution is 2.23. The number of nitrogens with zero attached hydrogens (tertiary/aromatic N) is 1. The summed E-state index contributed by atoms with van der Waals surface area (Å²) in [6, 6.07) is 5.85. The Labute approximate surface area is 93.3 Å². The number of aromatic nitrogens is 2. The van der Waals surface area contributed by atoms with Gasteiger partial charge in [0.2, 0.25) is 0 Å². The van der Waals surface area contributed by atoms with E-state index in [1.54, 1.807) is 20.0 Å². The van der Waals surface area contributed by atoms with Gasteiger partial charge in [0, 0.05) is 5.39 Å². The monoisotopic (exact) mass is 218 g/mol. The van der Waals surface area contributed by atoms with Gasteiger partial charge in [-0.3, -0.25) is 9.89 Å². The fourth-order valence-corrected chi connectivity index (χ4v) is 1.68. The number of carboxylic acids is 1. The molecule has 1 heterocycles. The molecule has 4 nitrogen and oxygen atoms in total. The third-order valence-electron chi connectivity index (χ3n) is 2.73. The van der Waals surface area contributed by atoms with Crippen molar-refractivity contribution in [2.45, 2.75) is 20.3 Å². The molecular weight excluding hydrogens is 204 g/mol. The SMILES string of the molecule is CC(C)(Cc1ccc2cn[nH]c2c1)C(=O)O. The number of fused-ring (bicyclic) bond motifs is 1. The van der Waals surface area contributed by atoms with Gasteiger partial charge in [0.1, 0.15) is 0 Å². The molecule has 0 fully saturated rings. The van der Waals surface area contributed by atoms with Gasteiger partial charge in [-0.1, -0.05) is 12.1 Å². The molecule has 0 unspecified atom stereocenters. The Morgan fingerprint density at radius 2 is 2.25 bits per heavy atom. The van der Waals surface area contributed by atoms with Gasteiger partial charge in [0.15, 0.2) is 0 Å². The minimum absolute atomic E-state index is 0.511. The Morgan fingerprint density at radius 1 is 1.50 bits per heavy atom. The molecule has 0 saturated carbocycles. The number of carboxylic acid groups (broad SMARTS) is 1. The summed E-state index contributed by atoms with van der Waals surface area (Å²) in [5.74, 6) is -0.780. The number of aliphatic carboxylic acids is 1. The van der Waals surface area contributed by atoms with Crippen LogP contribution in [0.2, 0.25) is 0 Å². The second-order valence-electron chi connectivity index (χ2n) is 4.66. The van der Waals surface area contributed by atoms with Crippen LogP contribution in [0.5, 0.6) is 0 Å². The highest BCUT2D eigenvalue weighted by molar-refractivity contribution is 5.79. The van der Waals surface area contributed by atoms with E-state index < -0.39 is 11.4 Å². The molecule has 0 saturated heterocycles. The summed E-state index contributed by atoms with van der Waals surface area (Å²) in [6.45, 7) is 3.46. The second-order valence-corrected chi connectivity index (χ2v) is 4.66. The zero-order valence-corrected chi connectivity index (χ0v) is 9.32. The molecule has 84 valence electrons. The summed E-state index contributed by atoms with van der Waals surface area (Å²) in [6.07, 6.45) is 2.26. The van der Waals surface area contributed by atoms with Gasteiger partial charge in [-0.05, 0) is 31.9 Å². The maximum absolute atomic E-state index is 11.0. The molecule has 2 rings (SSSR count). The summed E-state index contributed by atoms with van der Waals surface area (Å²) in [7, 11) is 0. The van der Waals surface area contributed by atoms with Crippen molar-refractivity contribution in [3.63, 3.8) is 0 Å². The van der Waals surface area contributed by atoms with E-state index >= 15 is 0 Å². The lowest BCUT2D eigenvalue weighted by atomic mass is 9.86. The summed E-state index contributed by atoms with van der Waals surface area (Å²) < 4.78 is 0. The van der Waals surface area contributed by atoms with E-state index in [1.165, 1.54) is 0 Å². The third kappa shape index (κ3) is 1.91. The smallest absolute Gasteiger partial charge is 0.309 e. The molecule has 16 heavy (non-hydrogen) atoms. The van der Waals surface area contributed by atoms with Crippen molar-refractivity contribution in [2.75, 3.05) is 0 Å². The minimum Gasteiger partial charge on any atom is -0.481 e. The first-order valence-corrected chi connectivity index (χ1v) is 5.14. The summed E-state index contributed by atoms with van der Waals surface area (Å²) in [5.41, 5.74) is 1.20. The number of aromatic amines is 1. The molecule has 2 N–H and O–H groups in total. The van der Waals surface area contributed by atoms with Crippen molar-refractivity contribution in [1.82, 2.24) is 10.2 Å². The quantitative estimate of drug-likeness (QED) is 0.830. The second kappa shape index (κ2) is 3.63. The van der Waals surface area contributed by atoms with Crippen LogP contribution in [0.1, 0.15) is 19.4 Å². The zero-order valence-electron chi connectivity index (χ0n) is 9.32. The highest BCUT2D eigenvalue weighted by Gasteiger charge is 2.27. The zero-order chi connectivity index (χ0) is 11.8. The molecule has 0 spiro atoms. The van der Waals surface area contributed by atoms with Crippen LogP contribution in [0.15, 0.2) is 24.4 Å². The average molecular weight is 218 g/mol. The van der Waals surface area contributed by atoms with Gasteiger partial charge >= 0.3 is 5.97 Å². The van der Waals surface area contributed by atoms with Crippen molar-refractivity contribution < 1.29 is 9.90 Å². The standard InChI is InChI=1S/C12H14N2O2/c1-12(2,11(15)16)6-8-3-4-9-7-13-14-10(9)5-8/h3-5,7H,6H2,1-2H3,(H,13,14)(H,15,16). The van der Waals surface area contributed by atoms with E-state index in [0.29, 0.717) is 6.42 Å². The van der Waals surface area contributed by atoms with Gasteiger partial charge in [-0.2, -0.15) is 5.10 Å². The van der Waals surface area contributed by atoms with E-state index in [4.69, 9.17) is 5.11 Å². The van der Waals surface area contributed by atoms with Crippen LogP contribution in [0.3, 0.4) is 0 Å². The number of hydrogen-bond donors (Lipinski definition) is 2.